The SMILES string of the molecule is CC/C=C\C/C=C\C/C=C\C/C=C\CCCCCCCCCCCOCC(COP(=O)(O)OCCN)OC(=O)CCC. The molecule has 42 heavy (non-hydrogen) atoms. The molecule has 0 aliphatic carbocycles. The normalized spacial score (nSPS) is 14.5. The Kier molecular flexibility index (Phi) is 29.8. The fourth-order valence-electron chi connectivity index (χ4n) is 3.96. The average molecular weight is 614 g/mol. The molecule has 8 nitrogen and oxygen atoms in total. The number of rotatable bonds is 30. The van der Waals surface area contributed by atoms with E-state index in [0.717, 1.165) is 38.5 Å². The molecule has 0 heterocycles. The maximum atomic E-state index is 11.9. The van der Waals surface area contributed by atoms with Gasteiger partial charge >= 0.3 is 13.8 Å². The fourth-order valence-corrected chi connectivity index (χ4v) is 4.73. The highest BCUT2D eigenvalue weighted by atomic mass is 31.2. The number of unbranched alkanes of at least 4 members (excludes halogenated alkanes) is 9. The zero-order valence-corrected chi connectivity index (χ0v) is 27.4. The lowest BCUT2D eigenvalue weighted by Crippen LogP contribution is -2.28. The van der Waals surface area contributed by atoms with Crippen LogP contribution in [0.1, 0.15) is 117 Å². The van der Waals surface area contributed by atoms with E-state index in [4.69, 9.17) is 24.3 Å². The van der Waals surface area contributed by atoms with Crippen molar-refractivity contribution in [1.82, 2.24) is 0 Å². The van der Waals surface area contributed by atoms with Gasteiger partial charge in [-0.2, -0.15) is 0 Å². The van der Waals surface area contributed by atoms with Crippen LogP contribution in [0.2, 0.25) is 0 Å². The van der Waals surface area contributed by atoms with Crippen LogP contribution in [-0.4, -0.2) is 49.9 Å². The molecule has 0 saturated heterocycles. The van der Waals surface area contributed by atoms with Gasteiger partial charge in [-0.3, -0.25) is 13.8 Å². The lowest BCUT2D eigenvalue weighted by molar-refractivity contribution is -0.154. The summed E-state index contributed by atoms with van der Waals surface area (Å²) in [5.74, 6) is -0.389. The molecule has 0 aromatic rings. The zero-order valence-electron chi connectivity index (χ0n) is 26.5. The molecule has 0 fully saturated rings. The Hall–Kier alpha value is -1.54. The highest BCUT2D eigenvalue weighted by Gasteiger charge is 2.25. The lowest BCUT2D eigenvalue weighted by Gasteiger charge is -2.19. The number of hydrogen-bond acceptors (Lipinski definition) is 7. The van der Waals surface area contributed by atoms with E-state index in [0.29, 0.717) is 13.0 Å². The van der Waals surface area contributed by atoms with E-state index in [1.54, 1.807) is 0 Å². The van der Waals surface area contributed by atoms with E-state index in [2.05, 4.69) is 55.5 Å². The van der Waals surface area contributed by atoms with Crippen LogP contribution in [0.3, 0.4) is 0 Å². The van der Waals surface area contributed by atoms with Gasteiger partial charge in [0.1, 0.15) is 6.10 Å². The third-order valence-corrected chi connectivity index (χ3v) is 7.21. The molecule has 0 amide bonds. The molecule has 0 spiro atoms. The van der Waals surface area contributed by atoms with Crippen molar-refractivity contribution in [3.05, 3.63) is 48.6 Å². The van der Waals surface area contributed by atoms with E-state index < -0.39 is 13.9 Å². The Morgan fingerprint density at radius 2 is 1.29 bits per heavy atom. The first-order valence-electron chi connectivity index (χ1n) is 16.1. The van der Waals surface area contributed by atoms with Crippen LogP contribution in [0.4, 0.5) is 0 Å². The molecule has 2 atom stereocenters. The minimum Gasteiger partial charge on any atom is -0.457 e. The van der Waals surface area contributed by atoms with Crippen LogP contribution >= 0.6 is 7.82 Å². The first-order chi connectivity index (χ1) is 20.4. The van der Waals surface area contributed by atoms with Crippen molar-refractivity contribution in [2.24, 2.45) is 5.73 Å². The highest BCUT2D eigenvalue weighted by molar-refractivity contribution is 7.47. The lowest BCUT2D eigenvalue weighted by atomic mass is 10.1. The fraction of sp³-hybridized carbons (Fsp3) is 0.727. The summed E-state index contributed by atoms with van der Waals surface area (Å²) in [7, 11) is -4.24. The highest BCUT2D eigenvalue weighted by Crippen LogP contribution is 2.43. The molecule has 0 aliphatic heterocycles. The van der Waals surface area contributed by atoms with Crippen LogP contribution < -0.4 is 5.73 Å². The number of phosphoric ester groups is 1. The monoisotopic (exact) mass is 613 g/mol. The largest absolute Gasteiger partial charge is 0.472 e. The number of allylic oxidation sites excluding steroid dienone is 8. The van der Waals surface area contributed by atoms with E-state index in [-0.39, 0.29) is 38.8 Å². The molecule has 0 aromatic heterocycles. The molecular formula is C33H60NO7P. The average Bonchev–Trinajstić information content (AvgIpc) is 2.97. The number of carbonyl (C=O) groups excluding carboxylic acids is 1. The third-order valence-electron chi connectivity index (χ3n) is 6.23. The summed E-state index contributed by atoms with van der Waals surface area (Å²) in [5.41, 5.74) is 5.28. The number of ether oxygens (including phenoxy) is 2. The predicted octanol–water partition coefficient (Wildman–Crippen LogP) is 8.51. The Labute approximate surface area is 256 Å². The topological polar surface area (TPSA) is 117 Å². The van der Waals surface area contributed by atoms with Gasteiger partial charge in [-0.15, -0.1) is 0 Å². The van der Waals surface area contributed by atoms with Crippen molar-refractivity contribution < 1.29 is 32.8 Å². The summed E-state index contributed by atoms with van der Waals surface area (Å²) in [6, 6.07) is 0. The van der Waals surface area contributed by atoms with Crippen molar-refractivity contribution in [3.63, 3.8) is 0 Å². The second kappa shape index (κ2) is 30.9. The van der Waals surface area contributed by atoms with Crippen molar-refractivity contribution >= 4 is 13.8 Å². The van der Waals surface area contributed by atoms with Gasteiger partial charge in [0.05, 0.1) is 19.8 Å². The van der Waals surface area contributed by atoms with Crippen molar-refractivity contribution in [2.45, 2.75) is 123 Å². The van der Waals surface area contributed by atoms with Crippen LogP contribution in [0.5, 0.6) is 0 Å². The minimum atomic E-state index is -4.24. The van der Waals surface area contributed by atoms with Crippen molar-refractivity contribution in [2.75, 3.05) is 33.0 Å². The summed E-state index contributed by atoms with van der Waals surface area (Å²) in [6.07, 6.45) is 34.2. The molecule has 2 unspecified atom stereocenters. The van der Waals surface area contributed by atoms with Crippen LogP contribution in [0.15, 0.2) is 48.6 Å². The smallest absolute Gasteiger partial charge is 0.457 e. The predicted molar refractivity (Wildman–Crippen MR) is 173 cm³/mol. The molecule has 0 bridgehead atoms. The summed E-state index contributed by atoms with van der Waals surface area (Å²) in [4.78, 5) is 21.5. The summed E-state index contributed by atoms with van der Waals surface area (Å²) >= 11 is 0. The van der Waals surface area contributed by atoms with Gasteiger partial charge in [-0.1, -0.05) is 107 Å². The summed E-state index contributed by atoms with van der Waals surface area (Å²) in [6.45, 7) is 4.39. The second-order valence-electron chi connectivity index (χ2n) is 10.3. The van der Waals surface area contributed by atoms with Gasteiger partial charge in [0.15, 0.2) is 0 Å². The van der Waals surface area contributed by atoms with E-state index in [9.17, 15) is 14.3 Å². The van der Waals surface area contributed by atoms with E-state index in [1.807, 2.05) is 6.92 Å². The standard InChI is InChI=1S/C33H60NO7P/c1-3-5-6-7-8-9-10-11-12-13-14-15-16-17-18-19-20-21-22-23-24-25-28-38-30-32(41-33(35)26-4-2)31-40-42(36,37)39-29-27-34/h5-6,8-9,11-12,14-15,32H,3-4,7,10,13,16-31,34H2,1-2H3,(H,36,37)/b6-5-,9-8-,12-11-,15-14-. The third kappa shape index (κ3) is 29.9. The first kappa shape index (κ1) is 40.5. The van der Waals surface area contributed by atoms with Crippen LogP contribution in [0, 0.1) is 0 Å². The van der Waals surface area contributed by atoms with Crippen molar-refractivity contribution in [1.29, 1.82) is 0 Å². The molecule has 0 saturated carbocycles. The minimum absolute atomic E-state index is 0.0964. The number of carbonyl (C=O) groups is 1. The molecule has 0 aliphatic rings. The van der Waals surface area contributed by atoms with E-state index in [1.165, 1.54) is 51.4 Å². The van der Waals surface area contributed by atoms with E-state index >= 15 is 0 Å². The van der Waals surface area contributed by atoms with Crippen molar-refractivity contribution in [3.8, 4) is 0 Å². The summed E-state index contributed by atoms with van der Waals surface area (Å²) < 4.78 is 32.5. The Morgan fingerprint density at radius 3 is 1.86 bits per heavy atom. The molecule has 244 valence electrons. The molecule has 9 heteroatoms. The van der Waals surface area contributed by atoms with Gasteiger partial charge in [-0.25, -0.2) is 4.57 Å². The maximum absolute atomic E-state index is 11.9. The maximum Gasteiger partial charge on any atom is 0.472 e. The van der Waals surface area contributed by atoms with Crippen LogP contribution in [-0.2, 0) is 27.9 Å². The first-order valence-corrected chi connectivity index (χ1v) is 17.6. The molecule has 0 aromatic carbocycles. The van der Waals surface area contributed by atoms with Gasteiger partial charge in [0.2, 0.25) is 0 Å². The molecule has 0 rings (SSSR count). The number of nitrogens with two attached hydrogens (primary N) is 1. The number of esters is 1. The Morgan fingerprint density at radius 1 is 0.738 bits per heavy atom. The van der Waals surface area contributed by atoms with Crippen LogP contribution in [0.25, 0.3) is 0 Å². The Balaban J connectivity index is 3.73. The van der Waals surface area contributed by atoms with Gasteiger partial charge in [0, 0.05) is 19.6 Å². The van der Waals surface area contributed by atoms with Gasteiger partial charge in [0.25, 0.3) is 0 Å². The molecule has 3 N–H and O–H groups in total. The number of phosphoric acid groups is 1. The zero-order chi connectivity index (χ0) is 31.0. The quantitative estimate of drug-likeness (QED) is 0.0358. The molecule has 0 radical (unpaired) electrons. The number of hydrogen-bond donors (Lipinski definition) is 2. The van der Waals surface area contributed by atoms with Gasteiger partial charge < -0.3 is 20.1 Å². The summed E-state index contributed by atoms with van der Waals surface area (Å²) in [5, 5.41) is 0. The second-order valence-corrected chi connectivity index (χ2v) is 11.7. The van der Waals surface area contributed by atoms with Gasteiger partial charge in [-0.05, 0) is 51.4 Å². The molecular weight excluding hydrogens is 553 g/mol. The Bertz CT molecular complexity index is 782.